The predicted octanol–water partition coefficient (Wildman–Crippen LogP) is 12.3. The molecule has 0 saturated heterocycles. The quantitative estimate of drug-likeness (QED) is 0.182. The Bertz CT molecular complexity index is 1430. The molecule has 0 amide bonds. The molecule has 0 bridgehead atoms. The van der Waals surface area contributed by atoms with Gasteiger partial charge in [0, 0.05) is 0 Å². The second-order valence-electron chi connectivity index (χ2n) is 14.9. The summed E-state index contributed by atoms with van der Waals surface area (Å²) in [6, 6.07) is 22.1. The van der Waals surface area contributed by atoms with Gasteiger partial charge in [0.25, 0.3) is 0 Å². The SMILES string of the molecule is CC(C)(C)c1[c-]c2c(cc1)-c1ccc(C(C)(C)C)cc1C2.CCC1=[C-]C(CC)C=C1C(C)(C)C.FC(F)(F)c1cc[c-]cc1.[CH2]=[Zr]. The summed E-state index contributed by atoms with van der Waals surface area (Å²) in [7, 11) is 0. The van der Waals surface area contributed by atoms with Gasteiger partial charge in [0.05, 0.1) is 0 Å². The van der Waals surface area contributed by atoms with Crippen molar-refractivity contribution in [3.63, 3.8) is 0 Å². The Morgan fingerprint density at radius 2 is 1.35 bits per heavy atom. The van der Waals surface area contributed by atoms with Crippen molar-refractivity contribution in [1.82, 2.24) is 0 Å². The van der Waals surface area contributed by atoms with Crippen molar-refractivity contribution < 1.29 is 37.4 Å². The summed E-state index contributed by atoms with van der Waals surface area (Å²) in [6.07, 6.45) is 5.08. The van der Waals surface area contributed by atoms with Crippen LogP contribution >= 0.6 is 0 Å². The average molecular weight is 705 g/mol. The van der Waals surface area contributed by atoms with E-state index in [4.69, 9.17) is 0 Å². The third kappa shape index (κ3) is 10.9. The van der Waals surface area contributed by atoms with E-state index in [1.165, 1.54) is 87.3 Å². The molecule has 3 aromatic rings. The van der Waals surface area contributed by atoms with Crippen molar-refractivity contribution in [2.75, 3.05) is 0 Å². The molecule has 0 heterocycles. The summed E-state index contributed by atoms with van der Waals surface area (Å²) in [5, 5.41) is 0. The number of hydrogen-bond donors (Lipinski definition) is 0. The minimum absolute atomic E-state index is 0.167. The van der Waals surface area contributed by atoms with Crippen LogP contribution in [0.2, 0.25) is 0 Å². The molecule has 0 aromatic heterocycles. The third-order valence-electron chi connectivity index (χ3n) is 8.16. The Morgan fingerprint density at radius 1 is 0.761 bits per heavy atom. The fourth-order valence-corrected chi connectivity index (χ4v) is 5.46. The molecule has 46 heavy (non-hydrogen) atoms. The van der Waals surface area contributed by atoms with E-state index in [0.717, 1.165) is 25.0 Å². The molecule has 0 fully saturated rings. The van der Waals surface area contributed by atoms with Gasteiger partial charge in [-0.1, -0.05) is 130 Å². The first-order valence-electron chi connectivity index (χ1n) is 16.2. The minimum atomic E-state index is -4.23. The van der Waals surface area contributed by atoms with Gasteiger partial charge in [0.1, 0.15) is 0 Å². The monoisotopic (exact) mass is 703 g/mol. The molecule has 0 nitrogen and oxygen atoms in total. The van der Waals surface area contributed by atoms with E-state index >= 15 is 0 Å². The predicted molar refractivity (Wildman–Crippen MR) is 187 cm³/mol. The van der Waals surface area contributed by atoms with E-state index in [-0.39, 0.29) is 10.8 Å². The Labute approximate surface area is 292 Å². The summed E-state index contributed by atoms with van der Waals surface area (Å²) in [4.78, 5) is 0. The van der Waals surface area contributed by atoms with Crippen LogP contribution in [0, 0.1) is 29.5 Å². The van der Waals surface area contributed by atoms with Crippen LogP contribution < -0.4 is 0 Å². The van der Waals surface area contributed by atoms with Crippen LogP contribution in [-0.4, -0.2) is 4.21 Å². The summed E-state index contributed by atoms with van der Waals surface area (Å²) in [5.41, 5.74) is 11.3. The van der Waals surface area contributed by atoms with Crippen molar-refractivity contribution >= 4 is 4.21 Å². The van der Waals surface area contributed by atoms with Gasteiger partial charge in [-0.2, -0.15) is 78.9 Å². The number of halogens is 3. The molecule has 248 valence electrons. The van der Waals surface area contributed by atoms with Crippen molar-refractivity contribution in [2.45, 2.75) is 112 Å². The molecule has 0 radical (unpaired) electrons. The number of hydrogen-bond acceptors (Lipinski definition) is 0. The molecule has 5 rings (SSSR count). The standard InChI is InChI=1S/C21H25.C13H21.C7H4F3.CH2.Zr/c1-20(2,3)16-7-9-18-14(12-16)11-15-13-17(21(4,5)6)8-10-19(15)18;1-6-10-8-11(7-2)12(9-10)13(3,4)5;8-7(9,10)6-4-2-1-3-5-6;;/h7-10,12H,11H2,1-6H3;9-10H,6-7H2,1-5H3;2-5H;1H2;/q3*-1;;. The molecule has 2 aliphatic rings. The Balaban J connectivity index is 0.000000253. The molecule has 0 saturated carbocycles. The zero-order chi connectivity index (χ0) is 35.1. The maximum atomic E-state index is 11.8. The molecule has 4 heteroatoms. The van der Waals surface area contributed by atoms with Crippen LogP contribution in [0.25, 0.3) is 11.1 Å². The molecule has 1 atom stereocenters. The zero-order valence-electron chi connectivity index (χ0n) is 29.8. The van der Waals surface area contributed by atoms with Crippen molar-refractivity contribution in [1.29, 1.82) is 0 Å². The van der Waals surface area contributed by atoms with Crippen LogP contribution in [0.3, 0.4) is 0 Å². The van der Waals surface area contributed by atoms with Gasteiger partial charge in [-0.15, -0.1) is 11.1 Å². The Morgan fingerprint density at radius 3 is 1.78 bits per heavy atom. The van der Waals surface area contributed by atoms with Crippen LogP contribution in [0.15, 0.2) is 71.8 Å². The molecule has 2 aliphatic carbocycles. The fourth-order valence-electron chi connectivity index (χ4n) is 5.46. The van der Waals surface area contributed by atoms with Gasteiger partial charge in [-0.25, -0.2) is 5.57 Å². The number of fused-ring (bicyclic) bond motifs is 3. The second-order valence-corrected chi connectivity index (χ2v) is 14.9. The van der Waals surface area contributed by atoms with Crippen molar-refractivity contribution in [3.8, 4) is 11.1 Å². The second kappa shape index (κ2) is 16.2. The molecule has 1 unspecified atom stereocenters. The molecular formula is C42H52F3Zr-3. The molecule has 0 aliphatic heterocycles. The van der Waals surface area contributed by atoms with Crippen molar-refractivity contribution in [3.05, 3.63) is 118 Å². The van der Waals surface area contributed by atoms with Crippen molar-refractivity contribution in [2.24, 2.45) is 11.3 Å². The van der Waals surface area contributed by atoms with Gasteiger partial charge >= 0.3 is 34.6 Å². The number of rotatable bonds is 2. The van der Waals surface area contributed by atoms with E-state index in [0.29, 0.717) is 11.3 Å². The van der Waals surface area contributed by atoms with Gasteiger partial charge in [-0.3, -0.25) is 6.08 Å². The topological polar surface area (TPSA) is 0 Å². The average Bonchev–Trinajstić information content (AvgIpc) is 3.59. The van der Waals surface area contributed by atoms with Crippen LogP contribution in [-0.2, 0) is 47.7 Å². The molecule has 3 aromatic carbocycles. The maximum absolute atomic E-state index is 11.8. The van der Waals surface area contributed by atoms with E-state index in [9.17, 15) is 13.2 Å². The first-order valence-corrected chi connectivity index (χ1v) is 17.9. The number of alkyl halides is 3. The van der Waals surface area contributed by atoms with Gasteiger partial charge in [-0.05, 0) is 28.4 Å². The Kier molecular flexibility index (Phi) is 14.0. The summed E-state index contributed by atoms with van der Waals surface area (Å²) >= 11 is 1.30. The number of benzene rings is 3. The van der Waals surface area contributed by atoms with Crippen LogP contribution in [0.1, 0.15) is 117 Å². The first-order chi connectivity index (χ1) is 21.3. The molecule has 0 N–H and O–H groups in total. The molecule has 0 spiro atoms. The summed E-state index contributed by atoms with van der Waals surface area (Å²) in [5.74, 6) is 0.573. The van der Waals surface area contributed by atoms with Gasteiger partial charge in [0.2, 0.25) is 0 Å². The fraction of sp³-hybridized carbons (Fsp3) is 0.452. The zero-order valence-corrected chi connectivity index (χ0v) is 32.3. The summed E-state index contributed by atoms with van der Waals surface area (Å²) < 4.78 is 38.7. The van der Waals surface area contributed by atoms with E-state index in [2.05, 4.69) is 135 Å². The van der Waals surface area contributed by atoms with Crippen LogP contribution in [0.4, 0.5) is 13.2 Å². The summed E-state index contributed by atoms with van der Waals surface area (Å²) in [6.45, 7) is 24.9. The van der Waals surface area contributed by atoms with E-state index < -0.39 is 11.7 Å². The first kappa shape index (κ1) is 39.9. The normalized spacial score (nSPS) is 15.5. The van der Waals surface area contributed by atoms with E-state index in [1.54, 1.807) is 0 Å². The van der Waals surface area contributed by atoms with E-state index in [1.807, 2.05) is 0 Å². The molecular weight excluding hydrogens is 653 g/mol. The third-order valence-corrected chi connectivity index (χ3v) is 8.16. The van der Waals surface area contributed by atoms with Gasteiger partial charge in [0.15, 0.2) is 0 Å². The number of allylic oxidation sites excluding steroid dienone is 4. The van der Waals surface area contributed by atoms with Gasteiger partial charge < -0.3 is 0 Å². The van der Waals surface area contributed by atoms with Crippen LogP contribution in [0.5, 0.6) is 0 Å². The Hall–Kier alpha value is -2.32.